The third-order valence-corrected chi connectivity index (χ3v) is 3.06. The number of carbonyl (C=O) groups is 2. The van der Waals surface area contributed by atoms with Crippen molar-refractivity contribution in [3.63, 3.8) is 0 Å². The Morgan fingerprint density at radius 3 is 1.43 bits per heavy atom. The zero-order valence-electron chi connectivity index (χ0n) is 15.1. The molecular formula is C16H31NaO4. The van der Waals surface area contributed by atoms with Crippen LogP contribution >= 0.6 is 0 Å². The molecule has 0 aliphatic heterocycles. The molecule has 0 amide bonds. The molecule has 21 heavy (non-hydrogen) atoms. The third kappa shape index (κ3) is 17.9. The molecule has 0 rings (SSSR count). The van der Waals surface area contributed by atoms with E-state index >= 15 is 0 Å². The van der Waals surface area contributed by atoms with E-state index < -0.39 is 0 Å². The summed E-state index contributed by atoms with van der Waals surface area (Å²) in [5.41, 5.74) is 0. The Balaban J connectivity index is -0.00000180. The van der Waals surface area contributed by atoms with Crippen molar-refractivity contribution in [3.05, 3.63) is 0 Å². The topological polar surface area (TPSA) is 52.6 Å². The summed E-state index contributed by atoms with van der Waals surface area (Å²) in [5, 5.41) is 0. The SMILES string of the molecule is CCCCCCOC(=O)CCC(=O)OCCCCCC.[H-].[Na+]. The number of esters is 2. The molecule has 0 aromatic carbocycles. The van der Waals surface area contributed by atoms with Crippen LogP contribution in [0.4, 0.5) is 0 Å². The third-order valence-electron chi connectivity index (χ3n) is 3.06. The first-order valence-corrected chi connectivity index (χ1v) is 8.02. The fraction of sp³-hybridized carbons (Fsp3) is 0.875. The summed E-state index contributed by atoms with van der Waals surface area (Å²) in [6, 6.07) is 0. The van der Waals surface area contributed by atoms with Crippen LogP contribution in [0.3, 0.4) is 0 Å². The summed E-state index contributed by atoms with van der Waals surface area (Å²) in [4.78, 5) is 22.7. The minimum Gasteiger partial charge on any atom is -1.00 e. The van der Waals surface area contributed by atoms with E-state index in [9.17, 15) is 9.59 Å². The maximum Gasteiger partial charge on any atom is 1.00 e. The Labute approximate surface area is 153 Å². The van der Waals surface area contributed by atoms with Gasteiger partial charge in [0, 0.05) is 0 Å². The number of hydrogen-bond acceptors (Lipinski definition) is 4. The molecule has 0 aromatic rings. The van der Waals surface area contributed by atoms with Gasteiger partial charge in [-0.05, 0) is 12.8 Å². The average Bonchev–Trinajstić information content (AvgIpc) is 2.44. The summed E-state index contributed by atoms with van der Waals surface area (Å²) in [7, 11) is 0. The van der Waals surface area contributed by atoms with E-state index in [0.29, 0.717) is 13.2 Å². The Morgan fingerprint density at radius 1 is 0.714 bits per heavy atom. The van der Waals surface area contributed by atoms with Crippen LogP contribution in [0, 0.1) is 0 Å². The van der Waals surface area contributed by atoms with Gasteiger partial charge in [0.2, 0.25) is 0 Å². The molecule has 0 N–H and O–H groups in total. The van der Waals surface area contributed by atoms with E-state index in [0.717, 1.165) is 38.5 Å². The van der Waals surface area contributed by atoms with Gasteiger partial charge in [-0.1, -0.05) is 52.4 Å². The van der Waals surface area contributed by atoms with Gasteiger partial charge in [-0.15, -0.1) is 0 Å². The average molecular weight is 310 g/mol. The normalized spacial score (nSPS) is 9.81. The Hall–Kier alpha value is -0.0600. The van der Waals surface area contributed by atoms with Crippen molar-refractivity contribution in [1.82, 2.24) is 0 Å². The fourth-order valence-corrected chi connectivity index (χ4v) is 1.78. The molecule has 0 saturated heterocycles. The first kappa shape index (κ1) is 23.2. The molecule has 0 aliphatic carbocycles. The van der Waals surface area contributed by atoms with Crippen molar-refractivity contribution in [3.8, 4) is 0 Å². The Bertz CT molecular complexity index is 237. The number of rotatable bonds is 13. The summed E-state index contributed by atoms with van der Waals surface area (Å²) >= 11 is 0. The van der Waals surface area contributed by atoms with E-state index in [2.05, 4.69) is 13.8 Å². The van der Waals surface area contributed by atoms with Crippen LogP contribution in [0.15, 0.2) is 0 Å². The molecule has 0 saturated carbocycles. The summed E-state index contributed by atoms with van der Waals surface area (Å²) in [6.07, 6.45) is 8.90. The van der Waals surface area contributed by atoms with Crippen molar-refractivity contribution < 1.29 is 50.0 Å². The molecule has 0 fully saturated rings. The van der Waals surface area contributed by atoms with Crippen molar-refractivity contribution in [2.75, 3.05) is 13.2 Å². The van der Waals surface area contributed by atoms with Crippen LogP contribution in [0.2, 0.25) is 0 Å². The van der Waals surface area contributed by atoms with E-state index in [1.54, 1.807) is 0 Å². The number of carbonyl (C=O) groups excluding carboxylic acids is 2. The molecule has 0 heterocycles. The summed E-state index contributed by atoms with van der Waals surface area (Å²) in [6.45, 7) is 5.20. The molecule has 0 aliphatic rings. The molecule has 0 radical (unpaired) electrons. The van der Waals surface area contributed by atoms with E-state index in [-0.39, 0.29) is 55.8 Å². The number of unbranched alkanes of at least 4 members (excludes halogenated alkanes) is 6. The van der Waals surface area contributed by atoms with Crippen LogP contribution in [0.1, 0.15) is 79.5 Å². The van der Waals surface area contributed by atoms with Gasteiger partial charge in [0.1, 0.15) is 0 Å². The molecule has 0 bridgehead atoms. The number of ether oxygens (including phenoxy) is 2. The van der Waals surface area contributed by atoms with Crippen LogP contribution < -0.4 is 29.6 Å². The molecule has 120 valence electrons. The van der Waals surface area contributed by atoms with Gasteiger partial charge >= 0.3 is 41.5 Å². The van der Waals surface area contributed by atoms with Crippen molar-refractivity contribution >= 4 is 11.9 Å². The van der Waals surface area contributed by atoms with Crippen molar-refractivity contribution in [2.45, 2.75) is 78.1 Å². The zero-order chi connectivity index (χ0) is 15.1. The predicted octanol–water partition coefficient (Wildman–Crippen LogP) is 1.13. The van der Waals surface area contributed by atoms with Gasteiger partial charge in [-0.2, -0.15) is 0 Å². The zero-order valence-corrected chi connectivity index (χ0v) is 16.1. The molecule has 4 nitrogen and oxygen atoms in total. The maximum absolute atomic E-state index is 11.4. The summed E-state index contributed by atoms with van der Waals surface area (Å²) < 4.78 is 10.1. The van der Waals surface area contributed by atoms with E-state index in [4.69, 9.17) is 9.47 Å². The number of hydrogen-bond donors (Lipinski definition) is 0. The first-order valence-electron chi connectivity index (χ1n) is 8.02. The van der Waals surface area contributed by atoms with Gasteiger partial charge in [-0.25, -0.2) is 0 Å². The minimum atomic E-state index is -0.301. The fourth-order valence-electron chi connectivity index (χ4n) is 1.78. The largest absolute Gasteiger partial charge is 1.00 e. The van der Waals surface area contributed by atoms with Gasteiger partial charge in [0.05, 0.1) is 26.1 Å². The van der Waals surface area contributed by atoms with Gasteiger partial charge < -0.3 is 10.9 Å². The molecule has 0 atom stereocenters. The Morgan fingerprint density at radius 2 is 1.10 bits per heavy atom. The van der Waals surface area contributed by atoms with Crippen molar-refractivity contribution in [1.29, 1.82) is 0 Å². The standard InChI is InChI=1S/C16H30O4.Na.H/c1-3-5-7-9-13-19-15(17)11-12-16(18)20-14-10-8-6-4-2;;/h3-14H2,1-2H3;;/q;+1;-1. The van der Waals surface area contributed by atoms with Gasteiger partial charge in [0.25, 0.3) is 0 Å². The second-order valence-corrected chi connectivity index (χ2v) is 5.06. The van der Waals surface area contributed by atoms with Crippen LogP contribution in [0.5, 0.6) is 0 Å². The first-order chi connectivity index (χ1) is 9.70. The maximum atomic E-state index is 11.4. The summed E-state index contributed by atoms with van der Waals surface area (Å²) in [5.74, 6) is -0.603. The van der Waals surface area contributed by atoms with Crippen LogP contribution in [-0.4, -0.2) is 25.2 Å². The van der Waals surface area contributed by atoms with Gasteiger partial charge in [0.15, 0.2) is 0 Å². The van der Waals surface area contributed by atoms with E-state index in [1.165, 1.54) is 12.8 Å². The van der Waals surface area contributed by atoms with E-state index in [1.807, 2.05) is 0 Å². The molecule has 0 aromatic heterocycles. The smallest absolute Gasteiger partial charge is 1.00 e. The monoisotopic (exact) mass is 310 g/mol. The molecule has 0 unspecified atom stereocenters. The minimum absolute atomic E-state index is 0. The molecular weight excluding hydrogens is 279 g/mol. The Kier molecular flexibility index (Phi) is 19.9. The molecule has 0 spiro atoms. The molecule has 5 heteroatoms. The second kappa shape index (κ2) is 18.0. The van der Waals surface area contributed by atoms with Crippen LogP contribution in [0.25, 0.3) is 0 Å². The second-order valence-electron chi connectivity index (χ2n) is 5.06. The van der Waals surface area contributed by atoms with Gasteiger partial charge in [-0.3, -0.25) is 9.59 Å². The van der Waals surface area contributed by atoms with Crippen molar-refractivity contribution in [2.24, 2.45) is 0 Å². The van der Waals surface area contributed by atoms with Crippen LogP contribution in [-0.2, 0) is 19.1 Å². The predicted molar refractivity (Wildman–Crippen MR) is 80.5 cm³/mol. The quantitative estimate of drug-likeness (QED) is 0.291.